The van der Waals surface area contributed by atoms with Crippen LogP contribution in [0, 0.1) is 0 Å². The highest BCUT2D eigenvalue weighted by Crippen LogP contribution is 2.33. The Morgan fingerprint density at radius 3 is 2.15 bits per heavy atom. The molecule has 0 N–H and O–H groups in total. The average molecular weight is 444 g/mol. The maximum Gasteiger partial charge on any atom is 0.416 e. The van der Waals surface area contributed by atoms with Gasteiger partial charge in [0, 0.05) is 17.1 Å². The molecule has 2 aromatic carbocycles. The Bertz CT molecular complexity index is 852. The molecule has 0 fully saturated rings. The van der Waals surface area contributed by atoms with Crippen LogP contribution in [0.2, 0.25) is 0 Å². The van der Waals surface area contributed by atoms with Gasteiger partial charge in [-0.05, 0) is 42.8 Å². The van der Waals surface area contributed by atoms with E-state index < -0.39 is 29.2 Å². The van der Waals surface area contributed by atoms with E-state index in [0.717, 1.165) is 27.6 Å². The van der Waals surface area contributed by atoms with E-state index in [1.165, 1.54) is 27.1 Å². The molecular formula is C19H17BrF3NO3. The molecule has 0 aliphatic carbocycles. The van der Waals surface area contributed by atoms with Gasteiger partial charge in [-0.25, -0.2) is 4.79 Å². The summed E-state index contributed by atoms with van der Waals surface area (Å²) in [6, 6.07) is 10.7. The molecule has 0 aliphatic rings. The van der Waals surface area contributed by atoms with E-state index in [4.69, 9.17) is 4.74 Å². The average Bonchev–Trinajstić information content (AvgIpc) is 2.65. The number of rotatable bonds is 4. The van der Waals surface area contributed by atoms with Crippen molar-refractivity contribution in [1.29, 1.82) is 0 Å². The van der Waals surface area contributed by atoms with Crippen LogP contribution in [0.25, 0.3) is 0 Å². The van der Waals surface area contributed by atoms with E-state index in [0.29, 0.717) is 5.56 Å². The number of hydrogen-bond donors (Lipinski definition) is 0. The first-order valence-corrected chi connectivity index (χ1v) is 8.61. The number of halogens is 4. The summed E-state index contributed by atoms with van der Waals surface area (Å²) >= 11 is 3.29. The lowest BCUT2D eigenvalue weighted by Crippen LogP contribution is -2.51. The molecule has 27 heavy (non-hydrogen) atoms. The van der Waals surface area contributed by atoms with Crippen molar-refractivity contribution >= 4 is 27.8 Å². The third-order valence-corrected chi connectivity index (χ3v) is 4.93. The largest absolute Gasteiger partial charge is 0.467 e. The standard InChI is InChI=1S/C19H17BrF3NO3/c1-18(17(26)27-3,13-7-9-15(20)10-8-13)24(2)16(25)12-5-4-6-14(11-12)19(21,22)23/h4-11H,1-3H3. The van der Waals surface area contributed by atoms with Crippen molar-refractivity contribution in [2.24, 2.45) is 0 Å². The smallest absolute Gasteiger partial charge is 0.416 e. The summed E-state index contributed by atoms with van der Waals surface area (Å²) in [6.07, 6.45) is -4.58. The second-order valence-corrected chi connectivity index (χ2v) is 6.93. The molecule has 4 nitrogen and oxygen atoms in total. The monoisotopic (exact) mass is 443 g/mol. The molecule has 1 atom stereocenters. The van der Waals surface area contributed by atoms with Gasteiger partial charge >= 0.3 is 12.1 Å². The van der Waals surface area contributed by atoms with Crippen molar-refractivity contribution in [2.75, 3.05) is 14.2 Å². The van der Waals surface area contributed by atoms with Gasteiger partial charge in [0.2, 0.25) is 0 Å². The number of alkyl halides is 3. The summed E-state index contributed by atoms with van der Waals surface area (Å²) < 4.78 is 44.5. The molecule has 0 aromatic heterocycles. The third kappa shape index (κ3) is 4.16. The molecule has 0 saturated heterocycles. The van der Waals surface area contributed by atoms with Crippen LogP contribution in [-0.4, -0.2) is 30.9 Å². The first-order valence-electron chi connectivity index (χ1n) is 7.81. The van der Waals surface area contributed by atoms with Crippen molar-refractivity contribution in [3.63, 3.8) is 0 Å². The molecule has 0 aliphatic heterocycles. The first-order chi connectivity index (χ1) is 12.5. The summed E-state index contributed by atoms with van der Waals surface area (Å²) in [6.45, 7) is 1.48. The molecule has 2 aromatic rings. The molecule has 0 bridgehead atoms. The van der Waals surface area contributed by atoms with Crippen LogP contribution < -0.4 is 0 Å². The van der Waals surface area contributed by atoms with Crippen LogP contribution in [0.5, 0.6) is 0 Å². The van der Waals surface area contributed by atoms with Gasteiger partial charge in [0.05, 0.1) is 12.7 Å². The fraction of sp³-hybridized carbons (Fsp3) is 0.263. The Labute approximate surface area is 163 Å². The lowest BCUT2D eigenvalue weighted by molar-refractivity contribution is -0.152. The Morgan fingerprint density at radius 1 is 1.04 bits per heavy atom. The number of amides is 1. The van der Waals surface area contributed by atoms with Gasteiger partial charge in [-0.15, -0.1) is 0 Å². The maximum absolute atomic E-state index is 12.9. The van der Waals surface area contributed by atoms with E-state index in [-0.39, 0.29) is 5.56 Å². The van der Waals surface area contributed by atoms with Crippen LogP contribution in [0.1, 0.15) is 28.4 Å². The molecule has 1 unspecified atom stereocenters. The summed E-state index contributed by atoms with van der Waals surface area (Å²) in [5.74, 6) is -1.45. The van der Waals surface area contributed by atoms with Crippen LogP contribution in [0.4, 0.5) is 13.2 Å². The number of nitrogens with zero attached hydrogens (tertiary/aromatic N) is 1. The van der Waals surface area contributed by atoms with Crippen LogP contribution in [0.3, 0.4) is 0 Å². The van der Waals surface area contributed by atoms with Crippen molar-refractivity contribution in [1.82, 2.24) is 4.90 Å². The number of hydrogen-bond acceptors (Lipinski definition) is 3. The minimum atomic E-state index is -4.58. The summed E-state index contributed by atoms with van der Waals surface area (Å²) in [5.41, 5.74) is -2.19. The Kier molecular flexibility index (Phi) is 5.99. The zero-order chi connectivity index (χ0) is 20.4. The number of likely N-dealkylation sites (N-methyl/N-ethyl adjacent to an activating group) is 1. The van der Waals surface area contributed by atoms with Crippen molar-refractivity contribution < 1.29 is 27.5 Å². The lowest BCUT2D eigenvalue weighted by Gasteiger charge is -2.36. The van der Waals surface area contributed by atoms with E-state index in [2.05, 4.69) is 15.9 Å². The van der Waals surface area contributed by atoms with Crippen molar-refractivity contribution in [2.45, 2.75) is 18.6 Å². The predicted octanol–water partition coefficient (Wildman–Crippen LogP) is 4.63. The van der Waals surface area contributed by atoms with E-state index in [9.17, 15) is 22.8 Å². The highest BCUT2D eigenvalue weighted by atomic mass is 79.9. The molecule has 2 rings (SSSR count). The van der Waals surface area contributed by atoms with Gasteiger partial charge in [-0.2, -0.15) is 13.2 Å². The molecule has 8 heteroatoms. The van der Waals surface area contributed by atoms with Gasteiger partial charge in [-0.3, -0.25) is 4.79 Å². The van der Waals surface area contributed by atoms with Crippen molar-refractivity contribution in [3.8, 4) is 0 Å². The molecule has 0 spiro atoms. The highest BCUT2D eigenvalue weighted by molar-refractivity contribution is 9.10. The molecular weight excluding hydrogens is 427 g/mol. The summed E-state index contributed by atoms with van der Waals surface area (Å²) in [4.78, 5) is 26.5. The summed E-state index contributed by atoms with van der Waals surface area (Å²) in [5, 5.41) is 0. The van der Waals surface area contributed by atoms with Gasteiger partial charge in [0.25, 0.3) is 5.91 Å². The van der Waals surface area contributed by atoms with Crippen LogP contribution in [0.15, 0.2) is 53.0 Å². The fourth-order valence-corrected chi connectivity index (χ4v) is 2.91. The Morgan fingerprint density at radius 2 is 1.63 bits per heavy atom. The quantitative estimate of drug-likeness (QED) is 0.647. The highest BCUT2D eigenvalue weighted by Gasteiger charge is 2.43. The Balaban J connectivity index is 2.50. The minimum Gasteiger partial charge on any atom is -0.467 e. The molecule has 0 saturated carbocycles. The number of carbonyl (C=O) groups excluding carboxylic acids is 2. The number of carbonyl (C=O) groups is 2. The van der Waals surface area contributed by atoms with Gasteiger partial charge in [0.15, 0.2) is 5.54 Å². The van der Waals surface area contributed by atoms with Crippen LogP contribution >= 0.6 is 15.9 Å². The van der Waals surface area contributed by atoms with Gasteiger partial charge in [-0.1, -0.05) is 34.1 Å². The SMILES string of the molecule is COC(=O)C(C)(c1ccc(Br)cc1)N(C)C(=O)c1cccc(C(F)(F)F)c1. The zero-order valence-electron chi connectivity index (χ0n) is 14.8. The number of esters is 1. The lowest BCUT2D eigenvalue weighted by atomic mass is 9.89. The molecule has 0 heterocycles. The fourth-order valence-electron chi connectivity index (χ4n) is 2.65. The maximum atomic E-state index is 12.9. The third-order valence-electron chi connectivity index (χ3n) is 4.40. The minimum absolute atomic E-state index is 0.181. The molecule has 0 radical (unpaired) electrons. The zero-order valence-corrected chi connectivity index (χ0v) is 16.4. The van der Waals surface area contributed by atoms with Gasteiger partial charge in [0.1, 0.15) is 0 Å². The van der Waals surface area contributed by atoms with E-state index in [1.807, 2.05) is 0 Å². The predicted molar refractivity (Wildman–Crippen MR) is 97.0 cm³/mol. The van der Waals surface area contributed by atoms with Gasteiger partial charge < -0.3 is 9.64 Å². The first kappa shape index (κ1) is 21.0. The second kappa shape index (κ2) is 7.72. The Hall–Kier alpha value is -2.35. The van der Waals surface area contributed by atoms with Crippen LogP contribution in [-0.2, 0) is 21.2 Å². The number of benzene rings is 2. The normalized spacial score (nSPS) is 13.6. The van der Waals surface area contributed by atoms with E-state index in [1.54, 1.807) is 24.3 Å². The molecule has 1 amide bonds. The second-order valence-electron chi connectivity index (χ2n) is 6.01. The van der Waals surface area contributed by atoms with Crippen molar-refractivity contribution in [3.05, 3.63) is 69.7 Å². The molecule has 144 valence electrons. The van der Waals surface area contributed by atoms with E-state index >= 15 is 0 Å². The topological polar surface area (TPSA) is 46.6 Å². The summed E-state index contributed by atoms with van der Waals surface area (Å²) in [7, 11) is 2.53. The number of methoxy groups -OCH3 is 1. The number of ether oxygens (including phenoxy) is 1.